The van der Waals surface area contributed by atoms with Gasteiger partial charge in [-0.25, -0.2) is 0 Å². The van der Waals surface area contributed by atoms with Crippen LogP contribution in [0.1, 0.15) is 71.8 Å². The second-order valence-electron chi connectivity index (χ2n) is 11.3. The summed E-state index contributed by atoms with van der Waals surface area (Å²) in [6.45, 7) is 10.7. The molecule has 2 aliphatic carbocycles. The number of likely N-dealkylation sites (tertiary alicyclic amines) is 1. The lowest BCUT2D eigenvalue weighted by Crippen LogP contribution is -2.59. The lowest BCUT2D eigenvalue weighted by molar-refractivity contribution is -0.151. The van der Waals surface area contributed by atoms with E-state index in [1.807, 2.05) is 0 Å². The number of carbonyl (C=O) groups excluding carboxylic acids is 1. The first-order valence-electron chi connectivity index (χ1n) is 11.2. The number of hydrogen-bond donors (Lipinski definition) is 1. The molecule has 0 spiro atoms. The lowest BCUT2D eigenvalue weighted by atomic mass is 9.50. The quantitative estimate of drug-likeness (QED) is 0.802. The molecule has 3 fully saturated rings. The van der Waals surface area contributed by atoms with Crippen LogP contribution in [-0.4, -0.2) is 29.9 Å². The Hall–Kier alpha value is -1.35. The summed E-state index contributed by atoms with van der Waals surface area (Å²) in [6.07, 6.45) is 6.70. The van der Waals surface area contributed by atoms with Crippen LogP contribution >= 0.6 is 0 Å². The third-order valence-electron chi connectivity index (χ3n) is 8.12. The summed E-state index contributed by atoms with van der Waals surface area (Å²) in [5.41, 5.74) is 7.69. The monoisotopic (exact) mass is 382 g/mol. The SMILES string of the molecule is CC1CC2CC(C)(C(=O)N3CCC(N)C(C)(C)C3)CC(c3ccccc3)(C1)C2. The van der Waals surface area contributed by atoms with Crippen molar-refractivity contribution in [2.24, 2.45) is 28.4 Å². The zero-order valence-electron chi connectivity index (χ0n) is 18.2. The van der Waals surface area contributed by atoms with E-state index in [4.69, 9.17) is 5.73 Å². The van der Waals surface area contributed by atoms with Crippen LogP contribution in [0, 0.1) is 22.7 Å². The Morgan fingerprint density at radius 3 is 2.50 bits per heavy atom. The van der Waals surface area contributed by atoms with E-state index in [-0.39, 0.29) is 22.3 Å². The summed E-state index contributed by atoms with van der Waals surface area (Å²) >= 11 is 0. The number of rotatable bonds is 2. The number of nitrogens with two attached hydrogens (primary N) is 1. The van der Waals surface area contributed by atoms with E-state index >= 15 is 0 Å². The molecule has 3 nitrogen and oxygen atoms in total. The fourth-order valence-electron chi connectivity index (χ4n) is 7.02. The third-order valence-corrected chi connectivity index (χ3v) is 8.12. The van der Waals surface area contributed by atoms with Crippen LogP contribution in [0.4, 0.5) is 0 Å². The zero-order chi connectivity index (χ0) is 20.2. The summed E-state index contributed by atoms with van der Waals surface area (Å²) in [5, 5.41) is 0. The lowest BCUT2D eigenvalue weighted by Gasteiger charge is -2.55. The number of hydrogen-bond acceptors (Lipinski definition) is 2. The first kappa shape index (κ1) is 19.9. The molecule has 5 unspecified atom stereocenters. The van der Waals surface area contributed by atoms with Gasteiger partial charge in [0, 0.05) is 24.5 Å². The summed E-state index contributed by atoms with van der Waals surface area (Å²) in [7, 11) is 0. The minimum Gasteiger partial charge on any atom is -0.342 e. The Morgan fingerprint density at radius 2 is 1.82 bits per heavy atom. The molecule has 1 saturated heterocycles. The van der Waals surface area contributed by atoms with Gasteiger partial charge in [0.25, 0.3) is 0 Å². The number of amides is 1. The Kier molecular flexibility index (Phi) is 4.89. The molecule has 1 amide bonds. The third kappa shape index (κ3) is 3.40. The first-order chi connectivity index (χ1) is 13.1. The molecule has 0 radical (unpaired) electrons. The van der Waals surface area contributed by atoms with Crippen molar-refractivity contribution < 1.29 is 4.79 Å². The Bertz CT molecular complexity index is 725. The predicted molar refractivity (Wildman–Crippen MR) is 115 cm³/mol. The van der Waals surface area contributed by atoms with Crippen molar-refractivity contribution >= 4 is 5.91 Å². The molecule has 1 aromatic carbocycles. The van der Waals surface area contributed by atoms with E-state index in [0.29, 0.717) is 11.8 Å². The van der Waals surface area contributed by atoms with Gasteiger partial charge in [0.2, 0.25) is 5.91 Å². The maximum absolute atomic E-state index is 13.8. The summed E-state index contributed by atoms with van der Waals surface area (Å²) in [4.78, 5) is 16.0. The van der Waals surface area contributed by atoms with Crippen LogP contribution in [0.2, 0.25) is 0 Å². The Morgan fingerprint density at radius 1 is 1.11 bits per heavy atom. The summed E-state index contributed by atoms with van der Waals surface area (Å²) in [5.74, 6) is 1.78. The fraction of sp³-hybridized carbons (Fsp3) is 0.720. The van der Waals surface area contributed by atoms with Crippen molar-refractivity contribution in [2.75, 3.05) is 13.1 Å². The normalized spacial score (nSPS) is 40.2. The minimum absolute atomic E-state index is 0.000436. The van der Waals surface area contributed by atoms with Gasteiger partial charge in [-0.05, 0) is 66.8 Å². The van der Waals surface area contributed by atoms with Gasteiger partial charge in [-0.3, -0.25) is 4.79 Å². The van der Waals surface area contributed by atoms with Crippen LogP contribution in [0.5, 0.6) is 0 Å². The van der Waals surface area contributed by atoms with Crippen molar-refractivity contribution in [2.45, 2.75) is 77.7 Å². The van der Waals surface area contributed by atoms with Crippen molar-refractivity contribution in [3.63, 3.8) is 0 Å². The van der Waals surface area contributed by atoms with Gasteiger partial charge in [-0.1, -0.05) is 58.0 Å². The first-order valence-corrected chi connectivity index (χ1v) is 11.2. The van der Waals surface area contributed by atoms with E-state index in [2.05, 4.69) is 62.9 Å². The maximum Gasteiger partial charge on any atom is 0.228 e. The van der Waals surface area contributed by atoms with Crippen LogP contribution in [-0.2, 0) is 10.2 Å². The van der Waals surface area contributed by atoms with E-state index < -0.39 is 0 Å². The molecule has 28 heavy (non-hydrogen) atoms. The van der Waals surface area contributed by atoms with Crippen molar-refractivity contribution in [3.05, 3.63) is 35.9 Å². The van der Waals surface area contributed by atoms with Crippen molar-refractivity contribution in [1.29, 1.82) is 0 Å². The highest BCUT2D eigenvalue weighted by molar-refractivity contribution is 5.83. The van der Waals surface area contributed by atoms with Gasteiger partial charge in [0.1, 0.15) is 0 Å². The predicted octanol–water partition coefficient (Wildman–Crippen LogP) is 4.75. The molecule has 3 aliphatic rings. The topological polar surface area (TPSA) is 46.3 Å². The van der Waals surface area contributed by atoms with Gasteiger partial charge in [0.05, 0.1) is 0 Å². The summed E-state index contributed by atoms with van der Waals surface area (Å²) < 4.78 is 0. The number of piperidine rings is 1. The van der Waals surface area contributed by atoms with Gasteiger partial charge < -0.3 is 10.6 Å². The molecular formula is C25H38N2O. The van der Waals surface area contributed by atoms with Crippen LogP contribution in [0.25, 0.3) is 0 Å². The van der Waals surface area contributed by atoms with Crippen molar-refractivity contribution in [1.82, 2.24) is 4.90 Å². The number of fused-ring (bicyclic) bond motifs is 2. The molecule has 2 bridgehead atoms. The minimum atomic E-state index is -0.254. The highest BCUT2D eigenvalue weighted by Crippen LogP contribution is 2.58. The molecule has 1 aliphatic heterocycles. The van der Waals surface area contributed by atoms with Crippen LogP contribution in [0.15, 0.2) is 30.3 Å². The average molecular weight is 383 g/mol. The smallest absolute Gasteiger partial charge is 0.228 e. The Balaban J connectivity index is 1.63. The number of benzene rings is 1. The van der Waals surface area contributed by atoms with Crippen LogP contribution < -0.4 is 5.73 Å². The number of carbonyl (C=O) groups is 1. The molecule has 0 aromatic heterocycles. The van der Waals surface area contributed by atoms with Gasteiger partial charge in [-0.15, -0.1) is 0 Å². The molecule has 2 saturated carbocycles. The number of nitrogens with zero attached hydrogens (tertiary/aromatic N) is 1. The molecule has 3 heteroatoms. The van der Waals surface area contributed by atoms with Gasteiger partial charge in [0.15, 0.2) is 0 Å². The molecule has 4 rings (SSSR count). The molecule has 1 heterocycles. The Labute approximate surface area is 171 Å². The van der Waals surface area contributed by atoms with E-state index in [0.717, 1.165) is 38.3 Å². The second kappa shape index (κ2) is 6.86. The molecule has 154 valence electrons. The van der Waals surface area contributed by atoms with Gasteiger partial charge >= 0.3 is 0 Å². The van der Waals surface area contributed by atoms with Crippen molar-refractivity contribution in [3.8, 4) is 0 Å². The molecular weight excluding hydrogens is 344 g/mol. The van der Waals surface area contributed by atoms with E-state index in [1.165, 1.54) is 24.8 Å². The molecule has 5 atom stereocenters. The molecule has 2 N–H and O–H groups in total. The van der Waals surface area contributed by atoms with Gasteiger partial charge in [-0.2, -0.15) is 0 Å². The zero-order valence-corrected chi connectivity index (χ0v) is 18.2. The van der Waals surface area contributed by atoms with E-state index in [9.17, 15) is 4.79 Å². The highest BCUT2D eigenvalue weighted by Gasteiger charge is 2.54. The van der Waals surface area contributed by atoms with E-state index in [1.54, 1.807) is 0 Å². The molecule has 1 aromatic rings. The summed E-state index contributed by atoms with van der Waals surface area (Å²) in [6, 6.07) is 11.2. The largest absolute Gasteiger partial charge is 0.342 e. The highest BCUT2D eigenvalue weighted by atomic mass is 16.2. The average Bonchev–Trinajstić information content (AvgIpc) is 2.63. The maximum atomic E-state index is 13.8. The second-order valence-corrected chi connectivity index (χ2v) is 11.3. The van der Waals surface area contributed by atoms with Crippen LogP contribution in [0.3, 0.4) is 0 Å². The fourth-order valence-corrected chi connectivity index (χ4v) is 7.02. The standard InChI is InChI=1S/C25H38N2O/c1-18-12-19-14-24(4,22(28)27-11-10-21(26)23(2,3)17-27)16-25(13-18,15-19)20-8-6-5-7-9-20/h5-9,18-19,21H,10-17,26H2,1-4H3.